The summed E-state index contributed by atoms with van der Waals surface area (Å²) in [7, 11) is 0. The van der Waals surface area contributed by atoms with Crippen molar-refractivity contribution in [3.63, 3.8) is 0 Å². The van der Waals surface area contributed by atoms with Crippen molar-refractivity contribution >= 4 is 0 Å². The number of phenolic OH excluding ortho intramolecular Hbond substituents is 1. The van der Waals surface area contributed by atoms with E-state index in [4.69, 9.17) is 5.11 Å². The second-order valence-corrected chi connectivity index (χ2v) is 4.23. The van der Waals surface area contributed by atoms with Crippen LogP contribution in [0.2, 0.25) is 0 Å². The van der Waals surface area contributed by atoms with Crippen molar-refractivity contribution < 1.29 is 5.11 Å². The number of nitrogens with one attached hydrogen (secondary N) is 1. The van der Waals surface area contributed by atoms with E-state index in [2.05, 4.69) is 19.2 Å². The number of aromatic hydroxyl groups is 1. The first-order valence-corrected chi connectivity index (χ1v) is 5.70. The van der Waals surface area contributed by atoms with E-state index in [9.17, 15) is 0 Å². The smallest absolute Gasteiger partial charge is 0.115 e. The molecule has 0 saturated carbocycles. The van der Waals surface area contributed by atoms with Gasteiger partial charge in [0.25, 0.3) is 0 Å². The Labute approximate surface area is 92.3 Å². The second kappa shape index (κ2) is 6.46. The molecule has 2 heteroatoms. The third kappa shape index (κ3) is 5.43. The monoisotopic (exact) mass is 207 g/mol. The number of aryl methyl sites for hydroxylation is 1. The van der Waals surface area contributed by atoms with E-state index in [1.54, 1.807) is 12.1 Å². The van der Waals surface area contributed by atoms with Crippen LogP contribution in [0, 0.1) is 0 Å². The first-order valence-electron chi connectivity index (χ1n) is 5.70. The lowest BCUT2D eigenvalue weighted by molar-refractivity contribution is 0.475. The highest BCUT2D eigenvalue weighted by Gasteiger charge is 1.95. The molecule has 0 radical (unpaired) electrons. The lowest BCUT2D eigenvalue weighted by Gasteiger charge is -2.07. The van der Waals surface area contributed by atoms with Crippen LogP contribution in [-0.4, -0.2) is 17.7 Å². The molecule has 0 aromatic heterocycles. The maximum absolute atomic E-state index is 9.12. The average molecular weight is 207 g/mol. The quantitative estimate of drug-likeness (QED) is 0.703. The summed E-state index contributed by atoms with van der Waals surface area (Å²) in [4.78, 5) is 0. The highest BCUT2D eigenvalue weighted by Crippen LogP contribution is 2.11. The van der Waals surface area contributed by atoms with Crippen LogP contribution in [0.4, 0.5) is 0 Å². The van der Waals surface area contributed by atoms with Gasteiger partial charge in [0.15, 0.2) is 0 Å². The van der Waals surface area contributed by atoms with Crippen molar-refractivity contribution in [3.8, 4) is 5.75 Å². The number of rotatable bonds is 6. The molecule has 0 aliphatic rings. The zero-order valence-corrected chi connectivity index (χ0v) is 9.66. The van der Waals surface area contributed by atoms with Crippen LogP contribution >= 0.6 is 0 Å². The zero-order chi connectivity index (χ0) is 11.1. The Balaban J connectivity index is 2.12. The molecule has 0 unspecified atom stereocenters. The van der Waals surface area contributed by atoms with Crippen LogP contribution in [0.1, 0.15) is 32.3 Å². The summed E-state index contributed by atoms with van der Waals surface area (Å²) in [5.41, 5.74) is 1.30. The van der Waals surface area contributed by atoms with E-state index >= 15 is 0 Å². The normalized spacial score (nSPS) is 10.9. The molecule has 0 bridgehead atoms. The first-order chi connectivity index (χ1) is 7.18. The van der Waals surface area contributed by atoms with Crippen molar-refractivity contribution in [3.05, 3.63) is 29.8 Å². The van der Waals surface area contributed by atoms with Crippen molar-refractivity contribution in [1.29, 1.82) is 0 Å². The van der Waals surface area contributed by atoms with Crippen LogP contribution in [0.5, 0.6) is 5.75 Å². The Morgan fingerprint density at radius 1 is 1.13 bits per heavy atom. The molecule has 0 aliphatic heterocycles. The molecule has 0 atom stereocenters. The molecule has 0 saturated heterocycles. The summed E-state index contributed by atoms with van der Waals surface area (Å²) in [5, 5.41) is 12.5. The van der Waals surface area contributed by atoms with Gasteiger partial charge >= 0.3 is 0 Å². The van der Waals surface area contributed by atoms with Crippen LogP contribution in [0.25, 0.3) is 0 Å². The van der Waals surface area contributed by atoms with Crippen molar-refractivity contribution in [2.24, 2.45) is 0 Å². The van der Waals surface area contributed by atoms with Gasteiger partial charge in [0, 0.05) is 6.04 Å². The third-order valence-corrected chi connectivity index (χ3v) is 2.38. The van der Waals surface area contributed by atoms with Gasteiger partial charge in [0.2, 0.25) is 0 Å². The Morgan fingerprint density at radius 2 is 1.80 bits per heavy atom. The molecule has 15 heavy (non-hydrogen) atoms. The zero-order valence-electron chi connectivity index (χ0n) is 9.66. The lowest BCUT2D eigenvalue weighted by atomic mass is 10.1. The third-order valence-electron chi connectivity index (χ3n) is 2.38. The predicted octanol–water partition coefficient (Wildman–Crippen LogP) is 2.71. The van der Waals surface area contributed by atoms with Crippen molar-refractivity contribution in [2.75, 3.05) is 6.54 Å². The Morgan fingerprint density at radius 3 is 2.40 bits per heavy atom. The fraction of sp³-hybridized carbons (Fsp3) is 0.538. The number of hydrogen-bond donors (Lipinski definition) is 2. The Hall–Kier alpha value is -1.02. The van der Waals surface area contributed by atoms with Gasteiger partial charge in [-0.05, 0) is 43.5 Å². The SMILES string of the molecule is CC(C)NCCCCc1ccc(O)cc1. The van der Waals surface area contributed by atoms with Crippen LogP contribution in [0.15, 0.2) is 24.3 Å². The molecular weight excluding hydrogens is 186 g/mol. The summed E-state index contributed by atoms with van der Waals surface area (Å²) >= 11 is 0. The minimum atomic E-state index is 0.347. The molecule has 0 fully saturated rings. The predicted molar refractivity (Wildman–Crippen MR) is 64.2 cm³/mol. The molecule has 2 N–H and O–H groups in total. The molecule has 2 nitrogen and oxygen atoms in total. The van der Waals surface area contributed by atoms with Gasteiger partial charge in [-0.25, -0.2) is 0 Å². The molecule has 0 amide bonds. The molecule has 1 aromatic carbocycles. The van der Waals surface area contributed by atoms with Crippen LogP contribution < -0.4 is 5.32 Å². The van der Waals surface area contributed by atoms with E-state index in [1.165, 1.54) is 18.4 Å². The number of benzene rings is 1. The number of unbranched alkanes of at least 4 members (excludes halogenated alkanes) is 1. The molecule has 1 rings (SSSR count). The molecule has 1 aromatic rings. The summed E-state index contributed by atoms with van der Waals surface area (Å²) in [6.07, 6.45) is 3.50. The van der Waals surface area contributed by atoms with Gasteiger partial charge < -0.3 is 10.4 Å². The average Bonchev–Trinajstić information content (AvgIpc) is 2.20. The van der Waals surface area contributed by atoms with Gasteiger partial charge in [-0.1, -0.05) is 26.0 Å². The van der Waals surface area contributed by atoms with Gasteiger partial charge in [-0.3, -0.25) is 0 Å². The molecular formula is C13H21NO. The van der Waals surface area contributed by atoms with Crippen LogP contribution in [0.3, 0.4) is 0 Å². The maximum atomic E-state index is 9.12. The second-order valence-electron chi connectivity index (χ2n) is 4.23. The number of phenols is 1. The van der Waals surface area contributed by atoms with E-state index in [0.717, 1.165) is 13.0 Å². The van der Waals surface area contributed by atoms with Gasteiger partial charge in [0.05, 0.1) is 0 Å². The van der Waals surface area contributed by atoms with Crippen molar-refractivity contribution in [2.45, 2.75) is 39.2 Å². The van der Waals surface area contributed by atoms with Crippen LogP contribution in [-0.2, 0) is 6.42 Å². The summed E-state index contributed by atoms with van der Waals surface area (Å²) in [6.45, 7) is 5.43. The van der Waals surface area contributed by atoms with Gasteiger partial charge in [-0.2, -0.15) is 0 Å². The topological polar surface area (TPSA) is 32.3 Å². The lowest BCUT2D eigenvalue weighted by Crippen LogP contribution is -2.23. The molecule has 0 spiro atoms. The summed E-state index contributed by atoms with van der Waals surface area (Å²) < 4.78 is 0. The van der Waals surface area contributed by atoms with Gasteiger partial charge in [-0.15, -0.1) is 0 Å². The van der Waals surface area contributed by atoms with E-state index < -0.39 is 0 Å². The molecule has 0 aliphatic carbocycles. The molecule has 0 heterocycles. The highest BCUT2D eigenvalue weighted by molar-refractivity contribution is 5.25. The summed E-state index contributed by atoms with van der Waals surface area (Å²) in [6, 6.07) is 8.07. The highest BCUT2D eigenvalue weighted by atomic mass is 16.3. The van der Waals surface area contributed by atoms with Gasteiger partial charge in [0.1, 0.15) is 5.75 Å². The van der Waals surface area contributed by atoms with E-state index in [0.29, 0.717) is 11.8 Å². The standard InChI is InChI=1S/C13H21NO/c1-11(2)14-10-4-3-5-12-6-8-13(15)9-7-12/h6-9,11,14-15H,3-5,10H2,1-2H3. The van der Waals surface area contributed by atoms with E-state index in [-0.39, 0.29) is 0 Å². The Bertz CT molecular complexity index is 266. The largest absolute Gasteiger partial charge is 0.508 e. The number of hydrogen-bond acceptors (Lipinski definition) is 2. The fourth-order valence-corrected chi connectivity index (χ4v) is 1.51. The maximum Gasteiger partial charge on any atom is 0.115 e. The Kier molecular flexibility index (Phi) is 5.19. The van der Waals surface area contributed by atoms with E-state index in [1.807, 2.05) is 12.1 Å². The fourth-order valence-electron chi connectivity index (χ4n) is 1.51. The minimum absolute atomic E-state index is 0.347. The summed E-state index contributed by atoms with van der Waals surface area (Å²) in [5.74, 6) is 0.347. The first kappa shape index (κ1) is 12.1. The minimum Gasteiger partial charge on any atom is -0.508 e. The molecule has 84 valence electrons. The van der Waals surface area contributed by atoms with Crippen molar-refractivity contribution in [1.82, 2.24) is 5.32 Å².